The predicted molar refractivity (Wildman–Crippen MR) is 56.7 cm³/mol. The van der Waals surface area contributed by atoms with Gasteiger partial charge < -0.3 is 10.2 Å². The van der Waals surface area contributed by atoms with E-state index in [4.69, 9.17) is 0 Å². The highest BCUT2D eigenvalue weighted by Gasteiger charge is 2.19. The van der Waals surface area contributed by atoms with Gasteiger partial charge in [-0.05, 0) is 19.8 Å². The number of hydrogen-bond donors (Lipinski definition) is 1. The maximum Gasteiger partial charge on any atom is 0.219 e. The molecule has 1 saturated heterocycles. The third-order valence-electron chi connectivity index (χ3n) is 2.60. The number of nitrogens with zero attached hydrogens (tertiary/aromatic N) is 1. The molecule has 0 aliphatic carbocycles. The van der Waals surface area contributed by atoms with E-state index in [1.54, 1.807) is 6.92 Å². The molecule has 78 valence electrons. The topological polar surface area (TPSA) is 32.3 Å². The quantitative estimate of drug-likeness (QED) is 0.653. The fourth-order valence-electron chi connectivity index (χ4n) is 1.68. The van der Waals surface area contributed by atoms with Crippen LogP contribution in [0.15, 0.2) is 0 Å². The fourth-order valence-corrected chi connectivity index (χ4v) is 1.68. The second-order valence-electron chi connectivity index (χ2n) is 3.59. The van der Waals surface area contributed by atoms with Crippen LogP contribution in [0, 0.1) is 11.8 Å². The summed E-state index contributed by atoms with van der Waals surface area (Å²) in [6.45, 7) is 6.01. The molecule has 1 amide bonds. The van der Waals surface area contributed by atoms with Crippen molar-refractivity contribution >= 4 is 5.91 Å². The van der Waals surface area contributed by atoms with Gasteiger partial charge in [-0.2, -0.15) is 0 Å². The Kier molecular flexibility index (Phi) is 4.48. The van der Waals surface area contributed by atoms with Crippen LogP contribution < -0.4 is 5.32 Å². The van der Waals surface area contributed by atoms with E-state index in [-0.39, 0.29) is 5.91 Å². The summed E-state index contributed by atoms with van der Waals surface area (Å²) >= 11 is 0. The van der Waals surface area contributed by atoms with E-state index >= 15 is 0 Å². The lowest BCUT2D eigenvalue weighted by molar-refractivity contribution is -0.129. The summed E-state index contributed by atoms with van der Waals surface area (Å²) in [5, 5.41) is 3.37. The van der Waals surface area contributed by atoms with E-state index in [2.05, 4.69) is 17.2 Å². The number of piperidine rings is 1. The molecule has 0 aromatic heterocycles. The average Bonchev–Trinajstić information content (AvgIpc) is 2.19. The van der Waals surface area contributed by atoms with Crippen molar-refractivity contribution in [2.24, 2.45) is 0 Å². The van der Waals surface area contributed by atoms with Gasteiger partial charge >= 0.3 is 0 Å². The van der Waals surface area contributed by atoms with Crippen molar-refractivity contribution in [2.45, 2.75) is 32.7 Å². The van der Waals surface area contributed by atoms with E-state index in [1.807, 2.05) is 11.8 Å². The number of likely N-dealkylation sites (tertiary alicyclic amines) is 1. The highest BCUT2D eigenvalue weighted by atomic mass is 16.2. The number of carbonyl (C=O) groups is 1. The zero-order chi connectivity index (χ0) is 10.4. The molecule has 0 aromatic rings. The SMILES string of the molecule is CC#CCNC1CCN(C(C)=O)CC1. The zero-order valence-electron chi connectivity index (χ0n) is 8.97. The summed E-state index contributed by atoms with van der Waals surface area (Å²) in [6.07, 6.45) is 2.09. The second-order valence-corrected chi connectivity index (χ2v) is 3.59. The van der Waals surface area contributed by atoms with Crippen LogP contribution in [0.25, 0.3) is 0 Å². The minimum absolute atomic E-state index is 0.191. The molecule has 0 aromatic carbocycles. The van der Waals surface area contributed by atoms with Crippen molar-refractivity contribution in [2.75, 3.05) is 19.6 Å². The van der Waals surface area contributed by atoms with Crippen LogP contribution in [-0.4, -0.2) is 36.5 Å². The Hall–Kier alpha value is -1.01. The van der Waals surface area contributed by atoms with Gasteiger partial charge in [-0.25, -0.2) is 0 Å². The summed E-state index contributed by atoms with van der Waals surface area (Å²) in [7, 11) is 0. The summed E-state index contributed by atoms with van der Waals surface area (Å²) < 4.78 is 0. The molecular weight excluding hydrogens is 176 g/mol. The van der Waals surface area contributed by atoms with Crippen molar-refractivity contribution in [3.63, 3.8) is 0 Å². The molecular formula is C11H18N2O. The van der Waals surface area contributed by atoms with Gasteiger partial charge in [0.1, 0.15) is 0 Å². The Bertz CT molecular complexity index is 244. The fraction of sp³-hybridized carbons (Fsp3) is 0.727. The molecule has 0 unspecified atom stereocenters. The van der Waals surface area contributed by atoms with Crippen molar-refractivity contribution in [1.82, 2.24) is 10.2 Å². The zero-order valence-corrected chi connectivity index (χ0v) is 8.97. The first-order chi connectivity index (χ1) is 6.74. The van der Waals surface area contributed by atoms with Crippen molar-refractivity contribution in [1.29, 1.82) is 0 Å². The smallest absolute Gasteiger partial charge is 0.219 e. The van der Waals surface area contributed by atoms with Gasteiger partial charge in [0.15, 0.2) is 0 Å². The third-order valence-corrected chi connectivity index (χ3v) is 2.60. The highest BCUT2D eigenvalue weighted by Crippen LogP contribution is 2.09. The number of amides is 1. The number of hydrogen-bond acceptors (Lipinski definition) is 2. The summed E-state index contributed by atoms with van der Waals surface area (Å²) in [5.41, 5.74) is 0. The van der Waals surface area contributed by atoms with Gasteiger partial charge in [0.25, 0.3) is 0 Å². The van der Waals surface area contributed by atoms with Crippen LogP contribution in [0.2, 0.25) is 0 Å². The van der Waals surface area contributed by atoms with Crippen LogP contribution in [0.5, 0.6) is 0 Å². The van der Waals surface area contributed by atoms with Gasteiger partial charge in [0.05, 0.1) is 6.54 Å². The Morgan fingerprint density at radius 3 is 2.64 bits per heavy atom. The van der Waals surface area contributed by atoms with E-state index in [0.29, 0.717) is 6.04 Å². The van der Waals surface area contributed by atoms with Crippen molar-refractivity contribution in [3.8, 4) is 11.8 Å². The Morgan fingerprint density at radius 2 is 2.14 bits per heavy atom. The van der Waals surface area contributed by atoms with Crippen LogP contribution >= 0.6 is 0 Å². The van der Waals surface area contributed by atoms with Gasteiger partial charge in [0, 0.05) is 26.1 Å². The van der Waals surface area contributed by atoms with Crippen LogP contribution in [0.3, 0.4) is 0 Å². The Balaban J connectivity index is 2.21. The van der Waals surface area contributed by atoms with E-state index in [9.17, 15) is 4.79 Å². The van der Waals surface area contributed by atoms with Crippen LogP contribution in [-0.2, 0) is 4.79 Å². The molecule has 3 nitrogen and oxygen atoms in total. The first-order valence-corrected chi connectivity index (χ1v) is 5.12. The summed E-state index contributed by atoms with van der Waals surface area (Å²) in [6, 6.07) is 0.534. The lowest BCUT2D eigenvalue weighted by Crippen LogP contribution is -2.44. The van der Waals surface area contributed by atoms with Crippen LogP contribution in [0.1, 0.15) is 26.7 Å². The minimum atomic E-state index is 0.191. The molecule has 1 aliphatic rings. The number of carbonyl (C=O) groups excluding carboxylic acids is 1. The maximum absolute atomic E-state index is 11.0. The van der Waals surface area contributed by atoms with Gasteiger partial charge in [-0.15, -0.1) is 5.92 Å². The largest absolute Gasteiger partial charge is 0.343 e. The Morgan fingerprint density at radius 1 is 1.50 bits per heavy atom. The number of rotatable bonds is 2. The maximum atomic E-state index is 11.0. The first-order valence-electron chi connectivity index (χ1n) is 5.12. The molecule has 14 heavy (non-hydrogen) atoms. The highest BCUT2D eigenvalue weighted by molar-refractivity contribution is 5.73. The molecule has 0 saturated carbocycles. The molecule has 0 spiro atoms. The lowest BCUT2D eigenvalue weighted by atomic mass is 10.1. The monoisotopic (exact) mass is 194 g/mol. The molecule has 1 N–H and O–H groups in total. The van der Waals surface area contributed by atoms with E-state index < -0.39 is 0 Å². The first kappa shape index (κ1) is 11.1. The van der Waals surface area contributed by atoms with Crippen LogP contribution in [0.4, 0.5) is 0 Å². The standard InChI is InChI=1S/C11H18N2O/c1-3-4-7-12-11-5-8-13(9-6-11)10(2)14/h11-12H,5-9H2,1-2H3. The lowest BCUT2D eigenvalue weighted by Gasteiger charge is -2.31. The number of nitrogens with one attached hydrogen (secondary N) is 1. The van der Waals surface area contributed by atoms with E-state index in [1.165, 1.54) is 0 Å². The molecule has 0 radical (unpaired) electrons. The summed E-state index contributed by atoms with van der Waals surface area (Å²) in [5.74, 6) is 6.04. The molecule has 1 aliphatic heterocycles. The second kappa shape index (κ2) is 5.66. The molecule has 1 heterocycles. The summed E-state index contributed by atoms with van der Waals surface area (Å²) in [4.78, 5) is 13.0. The average molecular weight is 194 g/mol. The normalized spacial score (nSPS) is 17.4. The van der Waals surface area contributed by atoms with Crippen molar-refractivity contribution < 1.29 is 4.79 Å². The molecule has 3 heteroatoms. The van der Waals surface area contributed by atoms with Gasteiger partial charge in [-0.1, -0.05) is 5.92 Å². The van der Waals surface area contributed by atoms with Crippen molar-refractivity contribution in [3.05, 3.63) is 0 Å². The minimum Gasteiger partial charge on any atom is -0.343 e. The van der Waals surface area contributed by atoms with Gasteiger partial charge in [-0.3, -0.25) is 4.79 Å². The molecule has 0 atom stereocenters. The third kappa shape index (κ3) is 3.39. The molecule has 1 fully saturated rings. The van der Waals surface area contributed by atoms with E-state index in [0.717, 1.165) is 32.5 Å². The molecule has 1 rings (SSSR count). The van der Waals surface area contributed by atoms with Gasteiger partial charge in [0.2, 0.25) is 5.91 Å². The Labute approximate surface area is 85.9 Å². The molecule has 0 bridgehead atoms. The predicted octanol–water partition coefficient (Wildman–Crippen LogP) is 0.610.